The Labute approximate surface area is 131 Å². The molecule has 0 atom stereocenters. The van der Waals surface area contributed by atoms with E-state index in [-0.39, 0.29) is 18.3 Å². The van der Waals surface area contributed by atoms with Gasteiger partial charge in [0.05, 0.1) is 29.4 Å². The molecule has 0 N–H and O–H groups in total. The molecule has 0 fully saturated rings. The minimum atomic E-state index is -0.421. The minimum Gasteiger partial charge on any atom is -0.462 e. The summed E-state index contributed by atoms with van der Waals surface area (Å²) in [4.78, 5) is 23.6. The summed E-state index contributed by atoms with van der Waals surface area (Å²) in [5.41, 5.74) is 0.479. The second kappa shape index (κ2) is 7.94. The highest BCUT2D eigenvalue weighted by molar-refractivity contribution is 5.93. The molecule has 0 unspecified atom stereocenters. The van der Waals surface area contributed by atoms with Crippen LogP contribution in [0.25, 0.3) is 0 Å². The van der Waals surface area contributed by atoms with Crippen molar-refractivity contribution in [2.45, 2.75) is 45.8 Å². The van der Waals surface area contributed by atoms with Crippen LogP contribution < -0.4 is 0 Å². The molecule has 5 heteroatoms. The first-order valence-corrected chi connectivity index (χ1v) is 7.28. The van der Waals surface area contributed by atoms with Crippen LogP contribution in [0.4, 0.5) is 0 Å². The predicted molar refractivity (Wildman–Crippen MR) is 83.0 cm³/mol. The smallest absolute Gasteiger partial charge is 0.338 e. The summed E-state index contributed by atoms with van der Waals surface area (Å²) in [6.45, 7) is 7.69. The fourth-order valence-corrected chi connectivity index (χ4v) is 1.60. The van der Waals surface area contributed by atoms with Crippen LogP contribution in [-0.2, 0) is 14.2 Å². The zero-order valence-electron chi connectivity index (χ0n) is 13.8. The number of carbonyl (C=O) groups excluding carboxylic acids is 2. The van der Waals surface area contributed by atoms with Crippen molar-refractivity contribution in [1.29, 1.82) is 0 Å². The molecular weight excluding hydrogens is 284 g/mol. The third kappa shape index (κ3) is 5.85. The highest BCUT2D eigenvalue weighted by Gasteiger charge is 2.17. The summed E-state index contributed by atoms with van der Waals surface area (Å²) >= 11 is 0. The predicted octanol–water partition coefficient (Wildman–Crippen LogP) is 3.22. The van der Waals surface area contributed by atoms with Crippen LogP contribution in [0.15, 0.2) is 24.3 Å². The summed E-state index contributed by atoms with van der Waals surface area (Å²) in [6, 6.07) is 6.22. The lowest BCUT2D eigenvalue weighted by Crippen LogP contribution is -2.25. The van der Waals surface area contributed by atoms with E-state index in [0.717, 1.165) is 0 Å². The van der Waals surface area contributed by atoms with Gasteiger partial charge in [-0.05, 0) is 52.0 Å². The van der Waals surface area contributed by atoms with Crippen molar-refractivity contribution in [3.8, 4) is 0 Å². The lowest BCUT2D eigenvalue weighted by Gasteiger charge is -2.22. The quantitative estimate of drug-likeness (QED) is 0.724. The van der Waals surface area contributed by atoms with Crippen molar-refractivity contribution in [3.63, 3.8) is 0 Å². The molecule has 0 aliphatic carbocycles. The van der Waals surface area contributed by atoms with E-state index in [1.807, 2.05) is 13.8 Å². The van der Waals surface area contributed by atoms with Crippen LogP contribution in [0, 0.1) is 0 Å². The first-order valence-electron chi connectivity index (χ1n) is 7.28. The molecule has 122 valence electrons. The van der Waals surface area contributed by atoms with Crippen LogP contribution in [0.2, 0.25) is 0 Å². The first-order chi connectivity index (χ1) is 10.2. The summed E-state index contributed by atoms with van der Waals surface area (Å²) in [7, 11) is 1.62. The number of esters is 2. The van der Waals surface area contributed by atoms with Gasteiger partial charge in [-0.3, -0.25) is 0 Å². The van der Waals surface area contributed by atoms with E-state index < -0.39 is 11.9 Å². The number of methoxy groups -OCH3 is 1. The molecule has 0 spiro atoms. The average Bonchev–Trinajstić information content (AvgIpc) is 2.46. The lowest BCUT2D eigenvalue weighted by atomic mass is 10.1. The highest BCUT2D eigenvalue weighted by Crippen LogP contribution is 2.14. The molecule has 0 bridgehead atoms. The summed E-state index contributed by atoms with van der Waals surface area (Å²) in [5, 5.41) is 0. The van der Waals surface area contributed by atoms with Gasteiger partial charge in [0.2, 0.25) is 0 Å². The number of hydrogen-bond donors (Lipinski definition) is 0. The number of carbonyl (C=O) groups is 2. The normalized spacial score (nSPS) is 11.4. The van der Waals surface area contributed by atoms with E-state index >= 15 is 0 Å². The third-order valence-corrected chi connectivity index (χ3v) is 3.19. The molecule has 1 rings (SSSR count). The maximum Gasteiger partial charge on any atom is 0.338 e. The number of hydrogen-bond acceptors (Lipinski definition) is 5. The zero-order chi connectivity index (χ0) is 16.8. The molecule has 1 aromatic carbocycles. The van der Waals surface area contributed by atoms with Gasteiger partial charge < -0.3 is 14.2 Å². The Morgan fingerprint density at radius 1 is 1.05 bits per heavy atom. The summed E-state index contributed by atoms with van der Waals surface area (Å²) in [5.74, 6) is -0.826. The SMILES string of the molecule is COC(C)(C)CCOC(=O)c1ccc(C(=O)OC(C)C)cc1. The van der Waals surface area contributed by atoms with Crippen molar-refractivity contribution in [3.05, 3.63) is 35.4 Å². The van der Waals surface area contributed by atoms with Crippen molar-refractivity contribution >= 4 is 11.9 Å². The van der Waals surface area contributed by atoms with Crippen LogP contribution in [0.3, 0.4) is 0 Å². The van der Waals surface area contributed by atoms with Crippen molar-refractivity contribution in [1.82, 2.24) is 0 Å². The fraction of sp³-hybridized carbons (Fsp3) is 0.529. The number of ether oxygens (including phenoxy) is 3. The Kier molecular flexibility index (Phi) is 6.56. The van der Waals surface area contributed by atoms with Gasteiger partial charge >= 0.3 is 11.9 Å². The molecule has 0 saturated heterocycles. The van der Waals surface area contributed by atoms with Gasteiger partial charge in [-0.2, -0.15) is 0 Å². The Bertz CT molecular complexity index is 502. The van der Waals surface area contributed by atoms with Crippen LogP contribution in [0.1, 0.15) is 54.8 Å². The highest BCUT2D eigenvalue weighted by atomic mass is 16.5. The van der Waals surface area contributed by atoms with Crippen molar-refractivity contribution in [2.24, 2.45) is 0 Å². The molecule has 0 heterocycles. The van der Waals surface area contributed by atoms with E-state index in [1.54, 1.807) is 45.2 Å². The van der Waals surface area contributed by atoms with Gasteiger partial charge in [0, 0.05) is 13.5 Å². The second-order valence-corrected chi connectivity index (χ2v) is 5.88. The standard InChI is InChI=1S/C17H24O5/c1-12(2)22-16(19)14-8-6-13(7-9-14)15(18)21-11-10-17(3,4)20-5/h6-9,12H,10-11H2,1-5H3. The van der Waals surface area contributed by atoms with E-state index in [2.05, 4.69) is 0 Å². The molecule has 1 aromatic rings. The van der Waals surface area contributed by atoms with E-state index in [9.17, 15) is 9.59 Å². The first kappa shape index (κ1) is 18.2. The van der Waals surface area contributed by atoms with Gasteiger partial charge in [-0.1, -0.05) is 0 Å². The minimum absolute atomic E-state index is 0.179. The molecule has 0 aliphatic heterocycles. The van der Waals surface area contributed by atoms with E-state index in [4.69, 9.17) is 14.2 Å². The van der Waals surface area contributed by atoms with Crippen LogP contribution in [-0.4, -0.2) is 37.4 Å². The molecule has 5 nitrogen and oxygen atoms in total. The zero-order valence-corrected chi connectivity index (χ0v) is 13.8. The van der Waals surface area contributed by atoms with Crippen LogP contribution in [0.5, 0.6) is 0 Å². The summed E-state index contributed by atoms with van der Waals surface area (Å²) in [6.07, 6.45) is 0.426. The topological polar surface area (TPSA) is 61.8 Å². The molecular formula is C17H24O5. The maximum absolute atomic E-state index is 11.9. The Balaban J connectivity index is 2.55. The Hall–Kier alpha value is -1.88. The molecule has 0 aromatic heterocycles. The van der Waals surface area contributed by atoms with E-state index in [1.165, 1.54) is 0 Å². The largest absolute Gasteiger partial charge is 0.462 e. The molecule has 0 saturated carbocycles. The van der Waals surface area contributed by atoms with E-state index in [0.29, 0.717) is 17.5 Å². The third-order valence-electron chi connectivity index (χ3n) is 3.19. The number of benzene rings is 1. The lowest BCUT2D eigenvalue weighted by molar-refractivity contribution is -0.00566. The van der Waals surface area contributed by atoms with Gasteiger partial charge in [-0.15, -0.1) is 0 Å². The van der Waals surface area contributed by atoms with Crippen molar-refractivity contribution in [2.75, 3.05) is 13.7 Å². The maximum atomic E-state index is 11.9. The van der Waals surface area contributed by atoms with Crippen molar-refractivity contribution < 1.29 is 23.8 Å². The van der Waals surface area contributed by atoms with Gasteiger partial charge in [0.1, 0.15) is 0 Å². The number of rotatable bonds is 7. The molecule has 0 amide bonds. The monoisotopic (exact) mass is 308 g/mol. The average molecular weight is 308 g/mol. The van der Waals surface area contributed by atoms with Gasteiger partial charge in [0.15, 0.2) is 0 Å². The molecule has 0 aliphatic rings. The van der Waals surface area contributed by atoms with Gasteiger partial charge in [-0.25, -0.2) is 9.59 Å². The second-order valence-electron chi connectivity index (χ2n) is 5.88. The Morgan fingerprint density at radius 2 is 1.55 bits per heavy atom. The Morgan fingerprint density at radius 3 is 2.00 bits per heavy atom. The fourth-order valence-electron chi connectivity index (χ4n) is 1.60. The van der Waals surface area contributed by atoms with Crippen LogP contribution >= 0.6 is 0 Å². The summed E-state index contributed by atoms with van der Waals surface area (Å²) < 4.78 is 15.5. The van der Waals surface area contributed by atoms with Gasteiger partial charge in [0.25, 0.3) is 0 Å². The molecule has 0 radical (unpaired) electrons. The molecule has 22 heavy (non-hydrogen) atoms.